The van der Waals surface area contributed by atoms with Crippen molar-refractivity contribution in [3.8, 4) is 0 Å². The van der Waals surface area contributed by atoms with Crippen LogP contribution in [0.1, 0.15) is 17.2 Å². The summed E-state index contributed by atoms with van der Waals surface area (Å²) < 4.78 is 44.0. The zero-order valence-corrected chi connectivity index (χ0v) is 10.5. The molecule has 0 radical (unpaired) electrons. The molecule has 2 amide bonds. The summed E-state index contributed by atoms with van der Waals surface area (Å²) >= 11 is 0. The zero-order valence-electron chi connectivity index (χ0n) is 10.5. The van der Waals surface area contributed by atoms with E-state index in [1.807, 2.05) is 0 Å². The van der Waals surface area contributed by atoms with Crippen molar-refractivity contribution in [3.63, 3.8) is 0 Å². The monoisotopic (exact) mass is 298 g/mol. The predicted molar refractivity (Wildman–Crippen MR) is 63.8 cm³/mol. The Kier molecular flexibility index (Phi) is 2.89. The molecular weight excluding hydrogens is 289 g/mol. The van der Waals surface area contributed by atoms with E-state index in [0.717, 1.165) is 6.07 Å². The van der Waals surface area contributed by atoms with Gasteiger partial charge in [0.2, 0.25) is 0 Å². The normalized spacial score (nSPS) is 21.6. The third-order valence-corrected chi connectivity index (χ3v) is 3.30. The average Bonchev–Trinajstić information content (AvgIpc) is 2.78. The van der Waals surface area contributed by atoms with Crippen LogP contribution < -0.4 is 10.6 Å². The molecule has 1 aromatic rings. The molecule has 2 heterocycles. The largest absolute Gasteiger partial charge is 0.456 e. The maximum Gasteiger partial charge on any atom is 0.416 e. The fourth-order valence-corrected chi connectivity index (χ4v) is 2.43. The van der Waals surface area contributed by atoms with E-state index < -0.39 is 29.8 Å². The van der Waals surface area contributed by atoms with Crippen LogP contribution in [0.15, 0.2) is 35.5 Å². The van der Waals surface area contributed by atoms with Crippen molar-refractivity contribution < 1.29 is 27.5 Å². The standard InChI is InChI=1S/C13H9F3N2O3/c14-13(15,16)7-4-2-1-3-6(7)10-9-8(5-21-11(9)19)17-12(20)18-10/h1-4,10H,5H2,(H2,17,18,20). The molecule has 110 valence electrons. The quantitative estimate of drug-likeness (QED) is 0.778. The first-order chi connectivity index (χ1) is 9.88. The number of esters is 1. The lowest BCUT2D eigenvalue weighted by Gasteiger charge is -2.26. The Labute approximate surface area is 116 Å². The fourth-order valence-electron chi connectivity index (χ4n) is 2.43. The van der Waals surface area contributed by atoms with E-state index in [1.54, 1.807) is 0 Å². The molecule has 0 aromatic heterocycles. The van der Waals surface area contributed by atoms with Crippen molar-refractivity contribution >= 4 is 12.0 Å². The molecule has 1 unspecified atom stereocenters. The lowest BCUT2D eigenvalue weighted by atomic mass is 9.92. The van der Waals surface area contributed by atoms with E-state index in [4.69, 9.17) is 4.74 Å². The minimum Gasteiger partial charge on any atom is -0.456 e. The van der Waals surface area contributed by atoms with Crippen LogP contribution in [0.5, 0.6) is 0 Å². The molecule has 0 bridgehead atoms. The Hall–Kier alpha value is -2.51. The molecule has 2 aliphatic heterocycles. The summed E-state index contributed by atoms with van der Waals surface area (Å²) in [4.78, 5) is 23.3. The van der Waals surface area contributed by atoms with Gasteiger partial charge in [0.05, 0.1) is 22.9 Å². The maximum atomic E-state index is 13.1. The van der Waals surface area contributed by atoms with Gasteiger partial charge in [-0.25, -0.2) is 9.59 Å². The number of amides is 2. The summed E-state index contributed by atoms with van der Waals surface area (Å²) in [6.45, 7) is -0.147. The molecule has 1 aromatic carbocycles. The second-order valence-electron chi connectivity index (χ2n) is 4.58. The minimum atomic E-state index is -4.59. The van der Waals surface area contributed by atoms with Crippen LogP contribution in [0, 0.1) is 0 Å². The highest BCUT2D eigenvalue weighted by atomic mass is 19.4. The second-order valence-corrected chi connectivity index (χ2v) is 4.58. The number of rotatable bonds is 1. The van der Waals surface area contributed by atoms with E-state index in [0.29, 0.717) is 0 Å². The Morgan fingerprint density at radius 1 is 1.19 bits per heavy atom. The minimum absolute atomic E-state index is 0.00583. The molecule has 3 rings (SSSR count). The molecule has 2 aliphatic rings. The highest BCUT2D eigenvalue weighted by molar-refractivity contribution is 5.97. The van der Waals surface area contributed by atoms with Gasteiger partial charge >= 0.3 is 18.2 Å². The lowest BCUT2D eigenvalue weighted by Crippen LogP contribution is -2.44. The van der Waals surface area contributed by atoms with Crippen LogP contribution in [0.4, 0.5) is 18.0 Å². The Morgan fingerprint density at radius 2 is 1.90 bits per heavy atom. The van der Waals surface area contributed by atoms with Gasteiger partial charge in [-0.3, -0.25) is 0 Å². The first-order valence-electron chi connectivity index (χ1n) is 6.01. The number of carbonyl (C=O) groups is 2. The topological polar surface area (TPSA) is 67.4 Å². The number of benzene rings is 1. The molecule has 0 saturated carbocycles. The summed E-state index contributed by atoms with van der Waals surface area (Å²) in [5, 5.41) is 4.71. The van der Waals surface area contributed by atoms with Crippen molar-refractivity contribution in [1.29, 1.82) is 0 Å². The highest BCUT2D eigenvalue weighted by Gasteiger charge is 2.42. The molecule has 21 heavy (non-hydrogen) atoms. The van der Waals surface area contributed by atoms with Gasteiger partial charge in [0, 0.05) is 0 Å². The molecule has 0 spiro atoms. The van der Waals surface area contributed by atoms with Crippen LogP contribution >= 0.6 is 0 Å². The Balaban J connectivity index is 2.14. The van der Waals surface area contributed by atoms with Gasteiger partial charge in [-0.2, -0.15) is 13.2 Å². The molecule has 2 N–H and O–H groups in total. The highest BCUT2D eigenvalue weighted by Crippen LogP contribution is 2.39. The number of nitrogens with one attached hydrogen (secondary N) is 2. The summed E-state index contributed by atoms with van der Waals surface area (Å²) in [5.41, 5.74) is -0.882. The van der Waals surface area contributed by atoms with Gasteiger partial charge in [-0.15, -0.1) is 0 Å². The molecule has 5 nitrogen and oxygen atoms in total. The number of ether oxygens (including phenoxy) is 1. The van der Waals surface area contributed by atoms with Crippen LogP contribution in [0.3, 0.4) is 0 Å². The number of urea groups is 1. The number of alkyl halides is 3. The number of carbonyl (C=O) groups excluding carboxylic acids is 2. The van der Waals surface area contributed by atoms with E-state index in [9.17, 15) is 22.8 Å². The molecule has 0 saturated heterocycles. The van der Waals surface area contributed by atoms with Gasteiger partial charge in [0.1, 0.15) is 6.61 Å². The maximum absolute atomic E-state index is 13.1. The molecule has 0 aliphatic carbocycles. The van der Waals surface area contributed by atoms with Crippen LogP contribution in [-0.4, -0.2) is 18.6 Å². The van der Waals surface area contributed by atoms with Gasteiger partial charge in [0.15, 0.2) is 0 Å². The van der Waals surface area contributed by atoms with Crippen molar-refractivity contribution in [1.82, 2.24) is 10.6 Å². The summed E-state index contributed by atoms with van der Waals surface area (Å²) in [6.07, 6.45) is -4.59. The predicted octanol–water partition coefficient (Wildman–Crippen LogP) is 1.87. The third-order valence-electron chi connectivity index (χ3n) is 3.30. The first kappa shape index (κ1) is 13.5. The number of hydrogen-bond acceptors (Lipinski definition) is 3. The Morgan fingerprint density at radius 3 is 2.62 bits per heavy atom. The Bertz CT molecular complexity index is 667. The summed E-state index contributed by atoms with van der Waals surface area (Å²) in [7, 11) is 0. The van der Waals surface area contributed by atoms with Crippen LogP contribution in [0.25, 0.3) is 0 Å². The molecule has 0 fully saturated rings. The second kappa shape index (κ2) is 4.51. The third kappa shape index (κ3) is 2.22. The number of cyclic esters (lactones) is 1. The van der Waals surface area contributed by atoms with Gasteiger partial charge in [0.25, 0.3) is 0 Å². The van der Waals surface area contributed by atoms with Crippen molar-refractivity contribution in [2.75, 3.05) is 6.61 Å². The first-order valence-corrected chi connectivity index (χ1v) is 6.01. The summed E-state index contributed by atoms with van der Waals surface area (Å²) in [6, 6.07) is 2.95. The van der Waals surface area contributed by atoms with Gasteiger partial charge in [-0.05, 0) is 11.6 Å². The number of hydrogen-bond donors (Lipinski definition) is 2. The SMILES string of the molecule is O=C1NC2=C(C(=O)OC2)C(c2ccccc2C(F)(F)F)N1. The number of halogens is 3. The molecule has 8 heteroatoms. The molecular formula is C13H9F3N2O3. The van der Waals surface area contributed by atoms with E-state index >= 15 is 0 Å². The lowest BCUT2D eigenvalue weighted by molar-refractivity contribution is -0.139. The van der Waals surface area contributed by atoms with Crippen molar-refractivity contribution in [2.45, 2.75) is 12.2 Å². The van der Waals surface area contributed by atoms with E-state index in [1.165, 1.54) is 18.2 Å². The van der Waals surface area contributed by atoms with E-state index in [-0.39, 0.29) is 23.4 Å². The average molecular weight is 298 g/mol. The smallest absolute Gasteiger partial charge is 0.416 e. The summed E-state index contributed by atoms with van der Waals surface area (Å²) in [5.74, 6) is -0.737. The van der Waals surface area contributed by atoms with Gasteiger partial charge in [-0.1, -0.05) is 18.2 Å². The van der Waals surface area contributed by atoms with Crippen LogP contribution in [-0.2, 0) is 15.7 Å². The zero-order chi connectivity index (χ0) is 15.2. The van der Waals surface area contributed by atoms with Crippen molar-refractivity contribution in [2.24, 2.45) is 0 Å². The van der Waals surface area contributed by atoms with Crippen LogP contribution in [0.2, 0.25) is 0 Å². The van der Waals surface area contributed by atoms with Gasteiger partial charge < -0.3 is 15.4 Å². The fraction of sp³-hybridized carbons (Fsp3) is 0.231. The van der Waals surface area contributed by atoms with E-state index in [2.05, 4.69) is 10.6 Å². The molecule has 1 atom stereocenters. The van der Waals surface area contributed by atoms with Crippen molar-refractivity contribution in [3.05, 3.63) is 46.7 Å².